The number of hydrogen-bond acceptors (Lipinski definition) is 2. The van der Waals surface area contributed by atoms with Crippen LogP contribution in [0.5, 0.6) is 5.75 Å². The minimum atomic E-state index is -0.226. The summed E-state index contributed by atoms with van der Waals surface area (Å²) in [5.41, 5.74) is 2.12. The fourth-order valence-electron chi connectivity index (χ4n) is 7.23. The van der Waals surface area contributed by atoms with Crippen LogP contribution < -0.4 is 10.6 Å². The molecular weight excluding hydrogens is 412 g/mol. The van der Waals surface area contributed by atoms with Gasteiger partial charge in [-0.25, -0.2) is 0 Å². The molecule has 0 radical (unpaired) electrons. The predicted molar refractivity (Wildman–Crippen MR) is 134 cm³/mol. The summed E-state index contributed by atoms with van der Waals surface area (Å²) in [6, 6.07) is 22.1. The van der Waals surface area contributed by atoms with Crippen molar-refractivity contribution in [2.24, 2.45) is 17.8 Å². The molecule has 0 aromatic heterocycles. The smallest absolute Gasteiger partial charge is 0.167 e. The molecule has 1 atom stereocenters. The maximum absolute atomic E-state index is 11.0. The highest BCUT2D eigenvalue weighted by molar-refractivity contribution is 7.80. The zero-order valence-corrected chi connectivity index (χ0v) is 19.1. The van der Waals surface area contributed by atoms with E-state index in [0.717, 1.165) is 39.7 Å². The summed E-state index contributed by atoms with van der Waals surface area (Å²) in [5, 5.41) is 21.2. The van der Waals surface area contributed by atoms with Crippen molar-refractivity contribution in [2.75, 3.05) is 0 Å². The Morgan fingerprint density at radius 2 is 1.47 bits per heavy atom. The maximum Gasteiger partial charge on any atom is 0.167 e. The van der Waals surface area contributed by atoms with E-state index in [0.29, 0.717) is 10.9 Å². The van der Waals surface area contributed by atoms with E-state index < -0.39 is 0 Å². The first-order valence-corrected chi connectivity index (χ1v) is 12.3. The van der Waals surface area contributed by atoms with Gasteiger partial charge in [0, 0.05) is 11.1 Å². The second kappa shape index (κ2) is 7.77. The molecule has 3 nitrogen and oxygen atoms in total. The molecule has 4 bridgehead atoms. The van der Waals surface area contributed by atoms with Crippen LogP contribution >= 0.6 is 12.2 Å². The molecule has 0 heterocycles. The van der Waals surface area contributed by atoms with Gasteiger partial charge >= 0.3 is 0 Å². The topological polar surface area (TPSA) is 44.3 Å². The normalized spacial score (nSPS) is 29.1. The first kappa shape index (κ1) is 20.0. The lowest BCUT2D eigenvalue weighted by Crippen LogP contribution is -2.61. The van der Waals surface area contributed by atoms with E-state index in [2.05, 4.69) is 34.9 Å². The highest BCUT2D eigenvalue weighted by Gasteiger charge is 2.51. The Kier molecular flexibility index (Phi) is 4.87. The standard InChI is InChI=1S/C28H30N2OS/c31-24-11-10-21-6-4-5-9-23(21)25(24)26(22-7-2-1-3-8-22)29-27(32)30-28-15-18-12-19(16-28)14-20(13-18)17-28/h1-11,18-20,26,31H,12-17H2,(H2,29,30,32)/t18?,19?,20?,26-,28?/m1/s1. The van der Waals surface area contributed by atoms with E-state index in [9.17, 15) is 5.11 Å². The van der Waals surface area contributed by atoms with Crippen LogP contribution in [0, 0.1) is 17.8 Å². The minimum absolute atomic E-state index is 0.154. The molecule has 3 aromatic carbocycles. The lowest BCUT2D eigenvalue weighted by Gasteiger charge is -2.57. The quantitative estimate of drug-likeness (QED) is 0.429. The Hall–Kier alpha value is -2.59. The van der Waals surface area contributed by atoms with Crippen molar-refractivity contribution in [1.29, 1.82) is 0 Å². The summed E-state index contributed by atoms with van der Waals surface area (Å²) in [6.45, 7) is 0. The summed E-state index contributed by atoms with van der Waals surface area (Å²) in [5.74, 6) is 2.89. The van der Waals surface area contributed by atoms with Crippen molar-refractivity contribution < 1.29 is 5.11 Å². The number of benzene rings is 3. The van der Waals surface area contributed by atoms with Crippen LogP contribution in [0.15, 0.2) is 66.7 Å². The molecule has 3 N–H and O–H groups in total. The van der Waals surface area contributed by atoms with Crippen LogP contribution in [-0.4, -0.2) is 15.8 Å². The van der Waals surface area contributed by atoms with Gasteiger partial charge in [-0.1, -0.05) is 60.7 Å². The van der Waals surface area contributed by atoms with E-state index in [1.807, 2.05) is 36.4 Å². The number of phenols is 1. The molecule has 0 saturated heterocycles. The molecule has 7 rings (SSSR count). The van der Waals surface area contributed by atoms with Crippen molar-refractivity contribution >= 4 is 28.1 Å². The summed E-state index contributed by atoms with van der Waals surface area (Å²) in [6.07, 6.45) is 7.98. The van der Waals surface area contributed by atoms with Gasteiger partial charge in [0.25, 0.3) is 0 Å². The molecule has 4 aliphatic carbocycles. The SMILES string of the molecule is Oc1ccc2ccccc2c1[C@H](NC(=S)NC12CC3CC(CC(C3)C1)C2)c1ccccc1. The van der Waals surface area contributed by atoms with Crippen LogP contribution in [0.2, 0.25) is 0 Å². The highest BCUT2D eigenvalue weighted by atomic mass is 32.1. The Morgan fingerprint density at radius 1 is 0.844 bits per heavy atom. The fraction of sp³-hybridized carbons (Fsp3) is 0.393. The van der Waals surface area contributed by atoms with Gasteiger partial charge in [-0.05, 0) is 90.9 Å². The zero-order chi connectivity index (χ0) is 21.7. The summed E-state index contributed by atoms with van der Waals surface area (Å²) in [7, 11) is 0. The average molecular weight is 443 g/mol. The van der Waals surface area contributed by atoms with Crippen LogP contribution in [0.25, 0.3) is 10.8 Å². The van der Waals surface area contributed by atoms with E-state index in [4.69, 9.17) is 12.2 Å². The highest BCUT2D eigenvalue weighted by Crippen LogP contribution is 2.55. The molecule has 3 aromatic rings. The predicted octanol–water partition coefficient (Wildman–Crippen LogP) is 6.07. The number of aromatic hydroxyl groups is 1. The molecule has 0 aliphatic heterocycles. The summed E-state index contributed by atoms with van der Waals surface area (Å²) < 4.78 is 0. The number of nitrogens with one attached hydrogen (secondary N) is 2. The lowest BCUT2D eigenvalue weighted by molar-refractivity contribution is -0.0102. The molecule has 0 spiro atoms. The largest absolute Gasteiger partial charge is 0.508 e. The third-order valence-electron chi connectivity index (χ3n) is 8.06. The second-order valence-corrected chi connectivity index (χ2v) is 10.8. The Labute approximate surface area is 195 Å². The first-order chi connectivity index (χ1) is 15.6. The van der Waals surface area contributed by atoms with Crippen molar-refractivity contribution in [2.45, 2.75) is 50.1 Å². The number of rotatable bonds is 4. The molecule has 0 amide bonds. The van der Waals surface area contributed by atoms with Gasteiger partial charge in [0.05, 0.1) is 6.04 Å². The molecular formula is C28H30N2OS. The van der Waals surface area contributed by atoms with E-state index >= 15 is 0 Å². The number of fused-ring (bicyclic) bond motifs is 1. The van der Waals surface area contributed by atoms with Gasteiger partial charge in [0.15, 0.2) is 5.11 Å². The first-order valence-electron chi connectivity index (χ1n) is 11.9. The monoisotopic (exact) mass is 442 g/mol. The van der Waals surface area contributed by atoms with E-state index in [-0.39, 0.29) is 11.6 Å². The van der Waals surface area contributed by atoms with Crippen molar-refractivity contribution in [3.8, 4) is 5.75 Å². The van der Waals surface area contributed by atoms with E-state index in [1.54, 1.807) is 6.07 Å². The lowest BCUT2D eigenvalue weighted by atomic mass is 9.53. The van der Waals surface area contributed by atoms with Crippen LogP contribution in [0.4, 0.5) is 0 Å². The van der Waals surface area contributed by atoms with Crippen LogP contribution in [0.3, 0.4) is 0 Å². The number of hydrogen-bond donors (Lipinski definition) is 3. The van der Waals surface area contributed by atoms with Crippen molar-refractivity contribution in [1.82, 2.24) is 10.6 Å². The van der Waals surface area contributed by atoms with Crippen molar-refractivity contribution in [3.63, 3.8) is 0 Å². The Bertz CT molecular complexity index is 1120. The Balaban J connectivity index is 1.34. The van der Waals surface area contributed by atoms with Crippen LogP contribution in [-0.2, 0) is 0 Å². The summed E-state index contributed by atoms with van der Waals surface area (Å²) >= 11 is 5.93. The number of thiocarbonyl (C=S) groups is 1. The van der Waals surface area contributed by atoms with Gasteiger partial charge < -0.3 is 15.7 Å². The molecule has 164 valence electrons. The van der Waals surface area contributed by atoms with Gasteiger partial charge in [0.1, 0.15) is 5.75 Å². The molecule has 4 heteroatoms. The zero-order valence-electron chi connectivity index (χ0n) is 18.3. The third-order valence-corrected chi connectivity index (χ3v) is 8.28. The van der Waals surface area contributed by atoms with Gasteiger partial charge in [-0.15, -0.1) is 0 Å². The molecule has 0 unspecified atom stereocenters. The number of phenolic OH excluding ortho intramolecular Hbond substituents is 1. The van der Waals surface area contributed by atoms with Gasteiger partial charge in [0.2, 0.25) is 0 Å². The minimum Gasteiger partial charge on any atom is -0.508 e. The molecule has 4 saturated carbocycles. The molecule has 4 aliphatic rings. The summed E-state index contributed by atoms with van der Waals surface area (Å²) in [4.78, 5) is 0. The van der Waals surface area contributed by atoms with Gasteiger partial charge in [-0.2, -0.15) is 0 Å². The maximum atomic E-state index is 11.0. The Morgan fingerprint density at radius 3 is 2.16 bits per heavy atom. The molecule has 32 heavy (non-hydrogen) atoms. The second-order valence-electron chi connectivity index (χ2n) is 10.4. The van der Waals surface area contributed by atoms with Gasteiger partial charge in [-0.3, -0.25) is 0 Å². The van der Waals surface area contributed by atoms with Crippen molar-refractivity contribution in [3.05, 3.63) is 77.9 Å². The van der Waals surface area contributed by atoms with E-state index in [1.165, 1.54) is 38.5 Å². The fourth-order valence-corrected chi connectivity index (χ4v) is 7.56. The van der Waals surface area contributed by atoms with Crippen LogP contribution in [0.1, 0.15) is 55.7 Å². The molecule has 4 fully saturated rings. The average Bonchev–Trinajstić information content (AvgIpc) is 2.77. The third kappa shape index (κ3) is 3.55.